The van der Waals surface area contributed by atoms with Gasteiger partial charge in [-0.15, -0.1) is 0 Å². The molecule has 68 valence electrons. The van der Waals surface area contributed by atoms with E-state index >= 15 is 0 Å². The molecule has 0 aromatic carbocycles. The first-order valence-electron chi connectivity index (χ1n) is 4.13. The maximum Gasteiger partial charge on any atom is 0.229 e. The summed E-state index contributed by atoms with van der Waals surface area (Å²) in [6.07, 6.45) is 1.85. The van der Waals surface area contributed by atoms with Crippen molar-refractivity contribution in [3.63, 3.8) is 0 Å². The van der Waals surface area contributed by atoms with Crippen LogP contribution in [0.5, 0.6) is 0 Å². The molecule has 0 aliphatic carbocycles. The van der Waals surface area contributed by atoms with Gasteiger partial charge in [-0.2, -0.15) is 0 Å². The SMILES string of the molecule is CC1(C)C=C(CO)C(C)(C)[N+]1=O. The standard InChI is InChI=1S/C9H16NO2/c1-8(2)5-7(6-11)9(3,4)10(8)12/h5,11H,6H2,1-4H3/q+1. The van der Waals surface area contributed by atoms with Gasteiger partial charge in [-0.05, 0) is 6.08 Å². The third-order valence-electron chi connectivity index (χ3n) is 2.51. The summed E-state index contributed by atoms with van der Waals surface area (Å²) < 4.78 is 1.03. The Bertz CT molecular complexity index is 251. The van der Waals surface area contributed by atoms with Crippen molar-refractivity contribution < 1.29 is 9.87 Å². The Morgan fingerprint density at radius 3 is 2.08 bits per heavy atom. The van der Waals surface area contributed by atoms with Gasteiger partial charge in [0.25, 0.3) is 0 Å². The van der Waals surface area contributed by atoms with Crippen molar-refractivity contribution in [3.05, 3.63) is 16.6 Å². The lowest BCUT2D eigenvalue weighted by Crippen LogP contribution is -2.41. The Hall–Kier alpha value is -0.700. The fourth-order valence-electron chi connectivity index (χ4n) is 1.75. The van der Waals surface area contributed by atoms with Crippen LogP contribution in [-0.4, -0.2) is 27.6 Å². The molecule has 1 aliphatic heterocycles. The highest BCUT2D eigenvalue weighted by Gasteiger charge is 2.54. The van der Waals surface area contributed by atoms with Gasteiger partial charge < -0.3 is 5.11 Å². The predicted molar refractivity (Wildman–Crippen MR) is 47.0 cm³/mol. The summed E-state index contributed by atoms with van der Waals surface area (Å²) in [5, 5.41) is 9.02. The summed E-state index contributed by atoms with van der Waals surface area (Å²) in [4.78, 5) is 11.7. The van der Waals surface area contributed by atoms with Crippen LogP contribution in [0.4, 0.5) is 0 Å². The molecule has 3 nitrogen and oxygen atoms in total. The third kappa shape index (κ3) is 1.08. The molecule has 1 rings (SSSR count). The number of aliphatic hydroxyl groups is 1. The van der Waals surface area contributed by atoms with Gasteiger partial charge in [-0.25, -0.2) is 0 Å². The summed E-state index contributed by atoms with van der Waals surface area (Å²) >= 11 is 0. The van der Waals surface area contributed by atoms with Gasteiger partial charge in [-0.3, -0.25) is 0 Å². The largest absolute Gasteiger partial charge is 0.392 e. The second-order valence-corrected chi connectivity index (χ2v) is 4.33. The zero-order valence-electron chi connectivity index (χ0n) is 8.09. The van der Waals surface area contributed by atoms with Crippen LogP contribution >= 0.6 is 0 Å². The first-order valence-corrected chi connectivity index (χ1v) is 4.13. The molecule has 0 amide bonds. The monoisotopic (exact) mass is 170 g/mol. The maximum absolute atomic E-state index is 11.7. The van der Waals surface area contributed by atoms with Gasteiger partial charge in [0, 0.05) is 42.9 Å². The lowest BCUT2D eigenvalue weighted by Gasteiger charge is -2.15. The minimum atomic E-state index is -0.557. The van der Waals surface area contributed by atoms with E-state index in [1.54, 1.807) is 0 Å². The first kappa shape index (κ1) is 9.39. The second kappa shape index (κ2) is 2.39. The highest BCUT2D eigenvalue weighted by atomic mass is 16.3. The number of rotatable bonds is 1. The van der Waals surface area contributed by atoms with Crippen molar-refractivity contribution >= 4 is 0 Å². The van der Waals surface area contributed by atoms with Gasteiger partial charge >= 0.3 is 0 Å². The molecule has 0 saturated heterocycles. The van der Waals surface area contributed by atoms with Crippen molar-refractivity contribution in [2.75, 3.05) is 6.61 Å². The Kier molecular flexibility index (Phi) is 1.87. The van der Waals surface area contributed by atoms with Crippen LogP contribution in [-0.2, 0) is 0 Å². The zero-order chi connectivity index (χ0) is 9.57. The van der Waals surface area contributed by atoms with Gasteiger partial charge in [0.05, 0.1) is 6.61 Å². The molecule has 0 fully saturated rings. The Balaban J connectivity index is 3.12. The molecular formula is C9H16NO2+. The fourth-order valence-corrected chi connectivity index (χ4v) is 1.75. The number of hydrogen-bond acceptors (Lipinski definition) is 2. The molecule has 0 unspecified atom stereocenters. The average molecular weight is 170 g/mol. The highest BCUT2D eigenvalue weighted by molar-refractivity contribution is 5.23. The van der Waals surface area contributed by atoms with Crippen molar-refractivity contribution in [1.82, 2.24) is 0 Å². The first-order chi connectivity index (χ1) is 5.32. The molecule has 3 heteroatoms. The van der Waals surface area contributed by atoms with Crippen LogP contribution < -0.4 is 0 Å². The molecule has 0 aromatic rings. The van der Waals surface area contributed by atoms with E-state index in [0.29, 0.717) is 0 Å². The molecule has 12 heavy (non-hydrogen) atoms. The number of nitroso groups, excluding NO2 is 1. The van der Waals surface area contributed by atoms with Gasteiger partial charge in [0.15, 0.2) is 0 Å². The third-order valence-corrected chi connectivity index (χ3v) is 2.51. The van der Waals surface area contributed by atoms with E-state index in [1.165, 1.54) is 0 Å². The minimum absolute atomic E-state index is 0.0326. The molecule has 0 atom stereocenters. The van der Waals surface area contributed by atoms with E-state index in [9.17, 15) is 4.91 Å². The van der Waals surface area contributed by atoms with Crippen LogP contribution in [0.1, 0.15) is 27.7 Å². The summed E-state index contributed by atoms with van der Waals surface area (Å²) in [7, 11) is 0. The maximum atomic E-state index is 11.7. The molecule has 1 N–H and O–H groups in total. The molecular weight excluding hydrogens is 154 g/mol. The quantitative estimate of drug-likeness (QED) is 0.475. The molecule has 1 aliphatic rings. The molecule has 0 aromatic heterocycles. The Labute approximate surface area is 72.7 Å². The van der Waals surface area contributed by atoms with E-state index in [0.717, 1.165) is 10.3 Å². The molecule has 0 bridgehead atoms. The predicted octanol–water partition coefficient (Wildman–Crippen LogP) is 1.25. The lowest BCUT2D eigenvalue weighted by molar-refractivity contribution is -0.652. The summed E-state index contributed by atoms with van der Waals surface area (Å²) in [5.41, 5.74) is -0.234. The Morgan fingerprint density at radius 2 is 1.92 bits per heavy atom. The van der Waals surface area contributed by atoms with Crippen LogP contribution in [0, 0.1) is 4.91 Å². The van der Waals surface area contributed by atoms with Gasteiger partial charge in [0.2, 0.25) is 11.1 Å². The minimum Gasteiger partial charge on any atom is -0.392 e. The smallest absolute Gasteiger partial charge is 0.229 e. The van der Waals surface area contributed by atoms with Crippen LogP contribution in [0.25, 0.3) is 0 Å². The van der Waals surface area contributed by atoms with Crippen molar-refractivity contribution in [2.24, 2.45) is 0 Å². The van der Waals surface area contributed by atoms with E-state index in [1.807, 2.05) is 33.8 Å². The lowest BCUT2D eigenvalue weighted by atomic mass is 9.98. The van der Waals surface area contributed by atoms with E-state index in [-0.39, 0.29) is 6.61 Å². The van der Waals surface area contributed by atoms with Gasteiger partial charge in [-0.1, -0.05) is 0 Å². The van der Waals surface area contributed by atoms with E-state index in [2.05, 4.69) is 0 Å². The van der Waals surface area contributed by atoms with Crippen LogP contribution in [0.3, 0.4) is 0 Å². The van der Waals surface area contributed by atoms with Crippen molar-refractivity contribution in [3.8, 4) is 0 Å². The molecule has 0 saturated carbocycles. The number of nitrogens with zero attached hydrogens (tertiary/aromatic N) is 1. The van der Waals surface area contributed by atoms with Crippen LogP contribution in [0.2, 0.25) is 0 Å². The zero-order valence-corrected chi connectivity index (χ0v) is 8.09. The average Bonchev–Trinajstić information content (AvgIpc) is 2.11. The van der Waals surface area contributed by atoms with Crippen LogP contribution in [0.15, 0.2) is 11.6 Å². The second-order valence-electron chi connectivity index (χ2n) is 4.33. The topological polar surface area (TPSA) is 40.3 Å². The van der Waals surface area contributed by atoms with Gasteiger partial charge in [0.1, 0.15) is 0 Å². The Morgan fingerprint density at radius 1 is 1.42 bits per heavy atom. The number of aliphatic hydroxyl groups excluding tert-OH is 1. The van der Waals surface area contributed by atoms with E-state index < -0.39 is 11.1 Å². The molecule has 1 heterocycles. The van der Waals surface area contributed by atoms with E-state index in [4.69, 9.17) is 5.11 Å². The van der Waals surface area contributed by atoms with Crippen molar-refractivity contribution in [2.45, 2.75) is 38.8 Å². The summed E-state index contributed by atoms with van der Waals surface area (Å²) in [6, 6.07) is 0. The summed E-state index contributed by atoms with van der Waals surface area (Å²) in [5.74, 6) is 0. The van der Waals surface area contributed by atoms with Crippen molar-refractivity contribution in [1.29, 1.82) is 0 Å². The number of hydrogen-bond donors (Lipinski definition) is 1. The fraction of sp³-hybridized carbons (Fsp3) is 0.778. The molecule has 0 spiro atoms. The highest BCUT2D eigenvalue weighted by Crippen LogP contribution is 2.35. The summed E-state index contributed by atoms with van der Waals surface area (Å²) in [6.45, 7) is 7.33. The molecule has 0 radical (unpaired) electrons. The normalized spacial score (nSPS) is 25.8.